The van der Waals surface area contributed by atoms with E-state index in [0.717, 1.165) is 12.6 Å². The third-order valence-corrected chi connectivity index (χ3v) is 4.77. The van der Waals surface area contributed by atoms with Gasteiger partial charge in [0.05, 0.1) is 5.36 Å². The number of likely N-dealkylation sites (tertiary alicyclic amines) is 1. The zero-order valence-electron chi connectivity index (χ0n) is 10.8. The Labute approximate surface area is 108 Å². The lowest BCUT2D eigenvalue weighted by atomic mass is 9.83. The van der Waals surface area contributed by atoms with Crippen molar-refractivity contribution in [3.63, 3.8) is 0 Å². The SMILES string of the molecule is C1=c2ccccc2=NCCC12CCN(C1CC1)C2. The highest BCUT2D eigenvalue weighted by atomic mass is 15.2. The molecule has 1 spiro atoms. The molecule has 0 amide bonds. The van der Waals surface area contributed by atoms with Crippen LogP contribution in [0.4, 0.5) is 0 Å². The van der Waals surface area contributed by atoms with Gasteiger partial charge in [-0.1, -0.05) is 24.3 Å². The van der Waals surface area contributed by atoms with Crippen LogP contribution in [0.3, 0.4) is 0 Å². The van der Waals surface area contributed by atoms with Gasteiger partial charge in [0.15, 0.2) is 0 Å². The Morgan fingerprint density at radius 1 is 1.17 bits per heavy atom. The van der Waals surface area contributed by atoms with Crippen molar-refractivity contribution in [2.24, 2.45) is 10.4 Å². The summed E-state index contributed by atoms with van der Waals surface area (Å²) in [6.07, 6.45) is 7.94. The number of fused-ring (bicyclic) bond motifs is 1. The number of para-hydroxylation sites is 1. The molecule has 0 radical (unpaired) electrons. The van der Waals surface area contributed by atoms with E-state index >= 15 is 0 Å². The maximum atomic E-state index is 4.74. The first-order chi connectivity index (χ1) is 8.85. The number of hydrogen-bond acceptors (Lipinski definition) is 2. The molecule has 0 aromatic heterocycles. The molecule has 2 aliphatic heterocycles. The van der Waals surface area contributed by atoms with Gasteiger partial charge in [-0.25, -0.2) is 0 Å². The van der Waals surface area contributed by atoms with E-state index in [1.807, 2.05) is 0 Å². The summed E-state index contributed by atoms with van der Waals surface area (Å²) in [7, 11) is 0. The van der Waals surface area contributed by atoms with Crippen LogP contribution in [-0.4, -0.2) is 30.6 Å². The lowest BCUT2D eigenvalue weighted by Gasteiger charge is -2.24. The van der Waals surface area contributed by atoms with Crippen LogP contribution in [0.25, 0.3) is 6.08 Å². The normalized spacial score (nSPS) is 31.6. The van der Waals surface area contributed by atoms with E-state index in [-0.39, 0.29) is 0 Å². The van der Waals surface area contributed by atoms with Gasteiger partial charge >= 0.3 is 0 Å². The molecule has 4 rings (SSSR count). The summed E-state index contributed by atoms with van der Waals surface area (Å²) in [5.74, 6) is 0. The van der Waals surface area contributed by atoms with E-state index in [9.17, 15) is 0 Å². The molecule has 94 valence electrons. The van der Waals surface area contributed by atoms with Gasteiger partial charge in [0, 0.05) is 24.5 Å². The second kappa shape index (κ2) is 3.92. The Balaban J connectivity index is 1.73. The van der Waals surface area contributed by atoms with Gasteiger partial charge in [-0.3, -0.25) is 9.89 Å². The molecule has 2 nitrogen and oxygen atoms in total. The summed E-state index contributed by atoms with van der Waals surface area (Å²) < 4.78 is 0. The van der Waals surface area contributed by atoms with E-state index in [1.54, 1.807) is 0 Å². The fraction of sp³-hybridized carbons (Fsp3) is 0.562. The molecule has 1 saturated heterocycles. The topological polar surface area (TPSA) is 15.6 Å². The van der Waals surface area contributed by atoms with Crippen LogP contribution in [-0.2, 0) is 0 Å². The lowest BCUT2D eigenvalue weighted by Crippen LogP contribution is -2.30. The Morgan fingerprint density at radius 2 is 2.06 bits per heavy atom. The van der Waals surface area contributed by atoms with Gasteiger partial charge in [-0.05, 0) is 43.5 Å². The third kappa shape index (κ3) is 1.79. The lowest BCUT2D eigenvalue weighted by molar-refractivity contribution is 0.290. The minimum Gasteiger partial charge on any atom is -0.299 e. The predicted octanol–water partition coefficient (Wildman–Crippen LogP) is 1.34. The maximum absolute atomic E-state index is 4.74. The summed E-state index contributed by atoms with van der Waals surface area (Å²) in [4.78, 5) is 7.45. The average molecular weight is 240 g/mol. The summed E-state index contributed by atoms with van der Waals surface area (Å²) in [6, 6.07) is 9.52. The zero-order valence-corrected chi connectivity index (χ0v) is 10.8. The van der Waals surface area contributed by atoms with Crippen molar-refractivity contribution in [1.82, 2.24) is 4.90 Å². The van der Waals surface area contributed by atoms with Gasteiger partial charge < -0.3 is 0 Å². The average Bonchev–Trinajstić information content (AvgIpc) is 3.16. The van der Waals surface area contributed by atoms with Crippen molar-refractivity contribution >= 4 is 6.08 Å². The molecule has 1 aliphatic carbocycles. The summed E-state index contributed by atoms with van der Waals surface area (Å²) in [6.45, 7) is 3.55. The monoisotopic (exact) mass is 240 g/mol. The molecule has 1 saturated carbocycles. The molecule has 1 aromatic carbocycles. The smallest absolute Gasteiger partial charge is 0.0643 e. The van der Waals surface area contributed by atoms with Crippen LogP contribution < -0.4 is 10.6 Å². The van der Waals surface area contributed by atoms with Crippen molar-refractivity contribution in [2.45, 2.75) is 31.7 Å². The standard InChI is InChI=1S/C16H20N2/c1-2-4-15-13(3-1)11-16(7-9-17-15)8-10-18(12-16)14-5-6-14/h1-4,11,14H,5-10,12H2. The molecule has 1 atom stereocenters. The quantitative estimate of drug-likeness (QED) is 0.723. The molecular formula is C16H20N2. The number of rotatable bonds is 1. The van der Waals surface area contributed by atoms with E-state index < -0.39 is 0 Å². The Bertz CT molecular complexity index is 573. The second-order valence-corrected chi connectivity index (χ2v) is 6.15. The number of benzene rings is 1. The van der Waals surface area contributed by atoms with Crippen LogP contribution in [0.1, 0.15) is 25.7 Å². The summed E-state index contributed by atoms with van der Waals surface area (Å²) >= 11 is 0. The summed E-state index contributed by atoms with van der Waals surface area (Å²) in [5, 5.41) is 2.55. The summed E-state index contributed by atoms with van der Waals surface area (Å²) in [5.41, 5.74) is 0.401. The minimum absolute atomic E-state index is 0.401. The molecule has 0 N–H and O–H groups in total. The first-order valence-electron chi connectivity index (χ1n) is 7.21. The van der Waals surface area contributed by atoms with Crippen molar-refractivity contribution in [2.75, 3.05) is 19.6 Å². The number of hydrogen-bond donors (Lipinski definition) is 0. The molecule has 1 aromatic rings. The van der Waals surface area contributed by atoms with Crippen molar-refractivity contribution in [1.29, 1.82) is 0 Å². The van der Waals surface area contributed by atoms with Crippen LogP contribution in [0.15, 0.2) is 29.3 Å². The Hall–Kier alpha value is -1.15. The van der Waals surface area contributed by atoms with Crippen LogP contribution >= 0.6 is 0 Å². The van der Waals surface area contributed by atoms with Gasteiger partial charge in [-0.15, -0.1) is 0 Å². The molecule has 0 bridgehead atoms. The van der Waals surface area contributed by atoms with Gasteiger partial charge in [-0.2, -0.15) is 0 Å². The van der Waals surface area contributed by atoms with E-state index in [4.69, 9.17) is 4.99 Å². The first-order valence-corrected chi connectivity index (χ1v) is 7.21. The van der Waals surface area contributed by atoms with E-state index in [1.165, 1.54) is 49.3 Å². The fourth-order valence-electron chi connectivity index (χ4n) is 3.56. The Morgan fingerprint density at radius 3 is 2.94 bits per heavy atom. The minimum atomic E-state index is 0.401. The van der Waals surface area contributed by atoms with Gasteiger partial charge in [0.1, 0.15) is 0 Å². The van der Waals surface area contributed by atoms with Gasteiger partial charge in [0.25, 0.3) is 0 Å². The molecular weight excluding hydrogens is 220 g/mol. The highest BCUT2D eigenvalue weighted by Crippen LogP contribution is 2.41. The highest BCUT2D eigenvalue weighted by molar-refractivity contribution is 5.35. The van der Waals surface area contributed by atoms with Crippen molar-refractivity contribution in [3.8, 4) is 0 Å². The van der Waals surface area contributed by atoms with Crippen molar-refractivity contribution < 1.29 is 0 Å². The highest BCUT2D eigenvalue weighted by Gasteiger charge is 2.41. The molecule has 3 aliphatic rings. The van der Waals surface area contributed by atoms with E-state index in [0.29, 0.717) is 5.41 Å². The van der Waals surface area contributed by atoms with Crippen molar-refractivity contribution in [3.05, 3.63) is 34.8 Å². The molecule has 1 unspecified atom stereocenters. The fourth-order valence-corrected chi connectivity index (χ4v) is 3.56. The maximum Gasteiger partial charge on any atom is 0.0643 e. The van der Waals surface area contributed by atoms with Crippen LogP contribution in [0.5, 0.6) is 0 Å². The largest absolute Gasteiger partial charge is 0.299 e. The Kier molecular flexibility index (Phi) is 2.34. The third-order valence-electron chi connectivity index (χ3n) is 4.77. The van der Waals surface area contributed by atoms with Gasteiger partial charge in [0.2, 0.25) is 0 Å². The predicted molar refractivity (Wildman–Crippen MR) is 72.8 cm³/mol. The molecule has 2 heterocycles. The van der Waals surface area contributed by atoms with E-state index in [2.05, 4.69) is 35.2 Å². The molecule has 2 fully saturated rings. The molecule has 18 heavy (non-hydrogen) atoms. The molecule has 2 heteroatoms. The zero-order chi connectivity index (χ0) is 12.0. The van der Waals surface area contributed by atoms with Crippen LogP contribution in [0.2, 0.25) is 0 Å². The number of nitrogens with zero attached hydrogens (tertiary/aromatic N) is 2. The first kappa shape index (κ1) is 10.7. The second-order valence-electron chi connectivity index (χ2n) is 6.15. The van der Waals surface area contributed by atoms with Crippen LogP contribution in [0, 0.1) is 5.41 Å².